The minimum absolute atomic E-state index is 0.272. The number of hydrogen-bond donors (Lipinski definition) is 0. The molecular weight excluding hydrogens is 342 g/mol. The normalized spacial score (nSPS) is 18.9. The van der Waals surface area contributed by atoms with E-state index in [9.17, 15) is 4.79 Å². The maximum Gasteiger partial charge on any atom is 0.337 e. The van der Waals surface area contributed by atoms with Gasteiger partial charge >= 0.3 is 5.97 Å². The second-order valence-corrected chi connectivity index (χ2v) is 7.35. The summed E-state index contributed by atoms with van der Waals surface area (Å²) >= 11 is 0. The van der Waals surface area contributed by atoms with Gasteiger partial charge in [-0.2, -0.15) is 0 Å². The van der Waals surface area contributed by atoms with Crippen LogP contribution in [-0.2, 0) is 28.0 Å². The number of methoxy groups -OCH3 is 1. The highest BCUT2D eigenvalue weighted by Crippen LogP contribution is 2.40. The molecule has 6 nitrogen and oxygen atoms in total. The maximum atomic E-state index is 11.7. The molecule has 0 atom stereocenters. The molecule has 27 heavy (non-hydrogen) atoms. The molecular formula is C21H25N3O3. The van der Waals surface area contributed by atoms with Gasteiger partial charge in [0.2, 0.25) is 0 Å². The highest BCUT2D eigenvalue weighted by Gasteiger charge is 2.42. The summed E-state index contributed by atoms with van der Waals surface area (Å²) in [6.45, 7) is 5.36. The Bertz CT molecular complexity index is 844. The minimum atomic E-state index is -0.295. The van der Waals surface area contributed by atoms with Gasteiger partial charge in [0.15, 0.2) is 0 Å². The average Bonchev–Trinajstić information content (AvgIpc) is 2.70. The molecule has 1 fully saturated rings. The lowest BCUT2D eigenvalue weighted by Gasteiger charge is -2.44. The third-order valence-electron chi connectivity index (χ3n) is 5.58. The monoisotopic (exact) mass is 367 g/mol. The van der Waals surface area contributed by atoms with Gasteiger partial charge in [-0.15, -0.1) is 0 Å². The first kappa shape index (κ1) is 18.1. The molecule has 4 rings (SSSR count). The summed E-state index contributed by atoms with van der Waals surface area (Å²) in [6.07, 6.45) is 4.70. The fourth-order valence-corrected chi connectivity index (χ4v) is 4.12. The van der Waals surface area contributed by atoms with Gasteiger partial charge in [0.1, 0.15) is 11.4 Å². The van der Waals surface area contributed by atoms with E-state index in [-0.39, 0.29) is 11.6 Å². The molecule has 142 valence electrons. The van der Waals surface area contributed by atoms with Crippen LogP contribution in [0.5, 0.6) is 0 Å². The summed E-state index contributed by atoms with van der Waals surface area (Å²) in [7, 11) is 1.41. The van der Waals surface area contributed by atoms with Crippen LogP contribution < -0.4 is 0 Å². The third kappa shape index (κ3) is 3.59. The predicted molar refractivity (Wildman–Crippen MR) is 100 cm³/mol. The van der Waals surface area contributed by atoms with Crippen molar-refractivity contribution < 1.29 is 14.3 Å². The molecule has 0 amide bonds. The number of ether oxygens (including phenoxy) is 2. The molecule has 0 radical (unpaired) electrons. The topological polar surface area (TPSA) is 64.5 Å². The van der Waals surface area contributed by atoms with E-state index in [0.717, 1.165) is 62.6 Å². The van der Waals surface area contributed by atoms with Gasteiger partial charge in [0.05, 0.1) is 25.0 Å². The number of carbonyl (C=O) groups excluding carboxylic acids is 1. The van der Waals surface area contributed by atoms with Crippen LogP contribution in [0.15, 0.2) is 30.5 Å². The van der Waals surface area contributed by atoms with Crippen LogP contribution in [0.25, 0.3) is 0 Å². The molecule has 0 N–H and O–H groups in total. The van der Waals surface area contributed by atoms with E-state index in [4.69, 9.17) is 14.5 Å². The van der Waals surface area contributed by atoms with Crippen LogP contribution in [0.4, 0.5) is 0 Å². The number of aryl methyl sites for hydroxylation is 1. The Labute approximate surface area is 159 Å². The molecule has 1 aromatic carbocycles. The Morgan fingerprint density at radius 3 is 2.93 bits per heavy atom. The van der Waals surface area contributed by atoms with E-state index < -0.39 is 0 Å². The van der Waals surface area contributed by atoms with Crippen molar-refractivity contribution in [1.29, 1.82) is 0 Å². The Kier molecular flexibility index (Phi) is 4.93. The summed E-state index contributed by atoms with van der Waals surface area (Å²) in [6, 6.07) is 7.67. The van der Waals surface area contributed by atoms with Gasteiger partial charge in [-0.25, -0.2) is 14.8 Å². The molecule has 2 aliphatic rings. The van der Waals surface area contributed by atoms with Crippen molar-refractivity contribution >= 4 is 5.97 Å². The largest absolute Gasteiger partial charge is 0.465 e. The molecule has 0 saturated carbocycles. The SMILES string of the molecule is COC(=O)c1cccc(CN2CCC3(CC2)OCCc2cnc(C)nc23)c1. The van der Waals surface area contributed by atoms with Gasteiger partial charge in [0.25, 0.3) is 0 Å². The molecule has 6 heteroatoms. The second kappa shape index (κ2) is 7.37. The van der Waals surface area contributed by atoms with E-state index in [0.29, 0.717) is 5.56 Å². The van der Waals surface area contributed by atoms with Crippen molar-refractivity contribution in [2.75, 3.05) is 26.8 Å². The van der Waals surface area contributed by atoms with E-state index in [1.807, 2.05) is 25.3 Å². The van der Waals surface area contributed by atoms with Crippen molar-refractivity contribution in [1.82, 2.24) is 14.9 Å². The fourth-order valence-electron chi connectivity index (χ4n) is 4.12. The van der Waals surface area contributed by atoms with Gasteiger partial charge in [-0.1, -0.05) is 12.1 Å². The van der Waals surface area contributed by atoms with Crippen molar-refractivity contribution in [3.63, 3.8) is 0 Å². The Balaban J connectivity index is 1.46. The van der Waals surface area contributed by atoms with E-state index in [2.05, 4.69) is 16.0 Å². The van der Waals surface area contributed by atoms with Crippen molar-refractivity contribution in [3.05, 3.63) is 58.7 Å². The fraction of sp³-hybridized carbons (Fsp3) is 0.476. The van der Waals surface area contributed by atoms with E-state index >= 15 is 0 Å². The average molecular weight is 367 g/mol. The second-order valence-electron chi connectivity index (χ2n) is 7.35. The molecule has 1 spiro atoms. The van der Waals surface area contributed by atoms with Crippen LogP contribution in [0.1, 0.15) is 45.8 Å². The zero-order chi connectivity index (χ0) is 18.9. The van der Waals surface area contributed by atoms with E-state index in [1.165, 1.54) is 12.7 Å². The van der Waals surface area contributed by atoms with Gasteiger partial charge in [-0.3, -0.25) is 4.90 Å². The summed E-state index contributed by atoms with van der Waals surface area (Å²) in [5.41, 5.74) is 3.77. The zero-order valence-electron chi connectivity index (χ0n) is 15.9. The standard InChI is InChI=1S/C21H25N3O3/c1-15-22-13-18-6-11-27-21(19(18)23-15)7-9-24(10-8-21)14-16-4-3-5-17(12-16)20(25)26-2/h3-5,12-13H,6-11,14H2,1-2H3. The Morgan fingerprint density at radius 1 is 1.33 bits per heavy atom. The highest BCUT2D eigenvalue weighted by molar-refractivity contribution is 5.89. The Morgan fingerprint density at radius 2 is 2.15 bits per heavy atom. The van der Waals surface area contributed by atoms with Crippen molar-refractivity contribution in [2.24, 2.45) is 0 Å². The predicted octanol–water partition coefficient (Wildman–Crippen LogP) is 2.64. The molecule has 0 aliphatic carbocycles. The molecule has 3 heterocycles. The number of hydrogen-bond acceptors (Lipinski definition) is 6. The number of esters is 1. The first-order valence-electron chi connectivity index (χ1n) is 9.46. The van der Waals surface area contributed by atoms with Crippen LogP contribution in [0, 0.1) is 6.92 Å². The molecule has 0 bridgehead atoms. The van der Waals surface area contributed by atoms with Crippen molar-refractivity contribution in [3.8, 4) is 0 Å². The lowest BCUT2D eigenvalue weighted by atomic mass is 9.83. The maximum absolute atomic E-state index is 11.7. The molecule has 1 saturated heterocycles. The third-order valence-corrected chi connectivity index (χ3v) is 5.58. The molecule has 0 unspecified atom stereocenters. The first-order chi connectivity index (χ1) is 13.1. The number of rotatable bonds is 3. The quantitative estimate of drug-likeness (QED) is 0.777. The lowest BCUT2D eigenvalue weighted by molar-refractivity contribution is -0.102. The number of aromatic nitrogens is 2. The van der Waals surface area contributed by atoms with E-state index in [1.54, 1.807) is 6.07 Å². The zero-order valence-corrected chi connectivity index (χ0v) is 15.9. The summed E-state index contributed by atoms with van der Waals surface area (Å²) in [5, 5.41) is 0. The number of fused-ring (bicyclic) bond motifs is 2. The number of benzene rings is 1. The van der Waals surface area contributed by atoms with Crippen LogP contribution in [0.3, 0.4) is 0 Å². The highest BCUT2D eigenvalue weighted by atomic mass is 16.5. The summed E-state index contributed by atoms with van der Waals surface area (Å²) in [5.74, 6) is 0.511. The van der Waals surface area contributed by atoms with Gasteiger partial charge in [-0.05, 0) is 49.4 Å². The number of nitrogens with zero attached hydrogens (tertiary/aromatic N) is 3. The summed E-state index contributed by atoms with van der Waals surface area (Å²) < 4.78 is 11.1. The van der Waals surface area contributed by atoms with Gasteiger partial charge < -0.3 is 9.47 Å². The first-order valence-corrected chi connectivity index (χ1v) is 9.46. The molecule has 2 aromatic rings. The number of piperidine rings is 1. The minimum Gasteiger partial charge on any atom is -0.465 e. The van der Waals surface area contributed by atoms with Crippen LogP contribution >= 0.6 is 0 Å². The summed E-state index contributed by atoms with van der Waals surface area (Å²) in [4.78, 5) is 23.2. The van der Waals surface area contributed by atoms with Crippen LogP contribution in [-0.4, -0.2) is 47.6 Å². The number of likely N-dealkylation sites (tertiary alicyclic amines) is 1. The van der Waals surface area contributed by atoms with Gasteiger partial charge in [0, 0.05) is 25.8 Å². The molecule has 2 aliphatic heterocycles. The number of carbonyl (C=O) groups is 1. The molecule has 1 aromatic heterocycles. The smallest absolute Gasteiger partial charge is 0.337 e. The Hall–Kier alpha value is -2.31. The van der Waals surface area contributed by atoms with Crippen molar-refractivity contribution in [2.45, 2.75) is 38.3 Å². The lowest BCUT2D eigenvalue weighted by Crippen LogP contribution is -2.47. The van der Waals surface area contributed by atoms with Crippen LogP contribution in [0.2, 0.25) is 0 Å².